The molecule has 0 saturated heterocycles. The minimum absolute atomic E-state index is 0.00107. The number of amides is 1. The molecule has 3 aliphatic rings. The highest BCUT2D eigenvalue weighted by Gasteiger charge is 2.46. The van der Waals surface area contributed by atoms with Crippen LogP contribution < -0.4 is 10.9 Å². The molecule has 0 saturated carbocycles. The Kier molecular flexibility index (Phi) is 3.70. The summed E-state index contributed by atoms with van der Waals surface area (Å²) in [5.41, 5.74) is 0.445. The number of hydrogen-bond acceptors (Lipinski definition) is 6. The van der Waals surface area contributed by atoms with Crippen LogP contribution in [-0.4, -0.2) is 27.3 Å². The van der Waals surface area contributed by atoms with Gasteiger partial charge in [-0.3, -0.25) is 14.4 Å². The van der Waals surface area contributed by atoms with Crippen LogP contribution in [-0.2, 0) is 33.1 Å². The van der Waals surface area contributed by atoms with Gasteiger partial charge in [0.15, 0.2) is 5.60 Å². The largest absolute Gasteiger partial charge is 0.458 e. The molecule has 0 radical (unpaired) electrons. The Morgan fingerprint density at radius 2 is 1.97 bits per heavy atom. The van der Waals surface area contributed by atoms with Gasteiger partial charge in [0.25, 0.3) is 11.5 Å². The first-order valence-corrected chi connectivity index (χ1v) is 9.63. The highest BCUT2D eigenvalue weighted by atomic mass is 16.6. The number of aromatic nitrogens is 1. The lowest BCUT2D eigenvalue weighted by atomic mass is 9.86. The normalized spacial score (nSPS) is 24.3. The number of fused-ring (bicyclic) bond motifs is 3. The molecule has 0 aliphatic carbocycles. The fourth-order valence-electron chi connectivity index (χ4n) is 4.40. The van der Waals surface area contributed by atoms with Crippen molar-refractivity contribution < 1.29 is 24.2 Å². The van der Waals surface area contributed by atoms with E-state index in [2.05, 4.69) is 5.32 Å². The number of carbonyl (C=O) groups is 3. The number of nitrogens with one attached hydrogen (secondary N) is 1. The van der Waals surface area contributed by atoms with Crippen molar-refractivity contribution in [2.24, 2.45) is 0 Å². The lowest BCUT2D eigenvalue weighted by molar-refractivity contribution is -0.172. The van der Waals surface area contributed by atoms with Gasteiger partial charge in [-0.2, -0.15) is 0 Å². The maximum atomic E-state index is 13.2. The second kappa shape index (κ2) is 5.99. The predicted molar refractivity (Wildman–Crippen MR) is 106 cm³/mol. The SMILES string of the molecule is CC[C@@]1(O)C(=O)OCc2c1cc1n(c2=O)C/C(=C2\C(=O)Nc3ccc(C)cc32)C1=O. The molecule has 1 amide bonds. The van der Waals surface area contributed by atoms with Crippen molar-refractivity contribution in [3.63, 3.8) is 0 Å². The quantitative estimate of drug-likeness (QED) is 0.547. The molecule has 0 bridgehead atoms. The van der Waals surface area contributed by atoms with Crippen LogP contribution >= 0.6 is 0 Å². The summed E-state index contributed by atoms with van der Waals surface area (Å²) in [6, 6.07) is 6.85. The van der Waals surface area contributed by atoms with Gasteiger partial charge in [0.2, 0.25) is 5.78 Å². The minimum atomic E-state index is -1.98. The Labute approximate surface area is 170 Å². The molecule has 1 aromatic heterocycles. The van der Waals surface area contributed by atoms with Crippen LogP contribution in [0, 0.1) is 6.92 Å². The van der Waals surface area contributed by atoms with E-state index in [1.807, 2.05) is 19.1 Å². The number of cyclic esters (lactones) is 1. The van der Waals surface area contributed by atoms with Gasteiger partial charge >= 0.3 is 5.97 Å². The van der Waals surface area contributed by atoms with Crippen molar-refractivity contribution in [1.29, 1.82) is 0 Å². The number of allylic oxidation sites excluding steroid dienone is 1. The molecule has 8 nitrogen and oxygen atoms in total. The van der Waals surface area contributed by atoms with E-state index in [-0.39, 0.29) is 47.5 Å². The van der Waals surface area contributed by atoms with Gasteiger partial charge in [-0.1, -0.05) is 18.6 Å². The highest BCUT2D eigenvalue weighted by molar-refractivity contribution is 6.37. The fourth-order valence-corrected chi connectivity index (χ4v) is 4.40. The zero-order valence-corrected chi connectivity index (χ0v) is 16.4. The van der Waals surface area contributed by atoms with E-state index in [0.29, 0.717) is 11.3 Å². The summed E-state index contributed by atoms with van der Waals surface area (Å²) in [4.78, 5) is 51.1. The molecule has 0 fully saturated rings. The molecule has 152 valence electrons. The van der Waals surface area contributed by atoms with Gasteiger partial charge in [0.1, 0.15) is 6.61 Å². The van der Waals surface area contributed by atoms with Crippen molar-refractivity contribution in [3.8, 4) is 0 Å². The molecule has 3 aliphatic heterocycles. The van der Waals surface area contributed by atoms with E-state index in [1.165, 1.54) is 10.6 Å². The summed E-state index contributed by atoms with van der Waals surface area (Å²) in [5, 5.41) is 13.6. The molecule has 0 spiro atoms. The molecule has 4 heterocycles. The topological polar surface area (TPSA) is 115 Å². The molecule has 5 rings (SSSR count). The average Bonchev–Trinajstić information content (AvgIpc) is 3.21. The van der Waals surface area contributed by atoms with Gasteiger partial charge in [0, 0.05) is 22.4 Å². The number of esters is 1. The van der Waals surface area contributed by atoms with Gasteiger partial charge in [-0.25, -0.2) is 4.79 Å². The highest BCUT2D eigenvalue weighted by Crippen LogP contribution is 2.39. The number of aryl methyl sites for hydroxylation is 1. The number of anilines is 1. The lowest BCUT2D eigenvalue weighted by Crippen LogP contribution is -2.44. The Morgan fingerprint density at radius 1 is 1.20 bits per heavy atom. The molecule has 0 unspecified atom stereocenters. The van der Waals surface area contributed by atoms with Gasteiger partial charge in [0.05, 0.1) is 23.4 Å². The summed E-state index contributed by atoms with van der Waals surface area (Å²) in [6.45, 7) is 3.16. The van der Waals surface area contributed by atoms with E-state index in [9.17, 15) is 24.3 Å². The van der Waals surface area contributed by atoms with Gasteiger partial charge in [-0.05, 0) is 31.5 Å². The van der Waals surface area contributed by atoms with E-state index in [4.69, 9.17) is 4.74 Å². The van der Waals surface area contributed by atoms with Crippen LogP contribution in [0.25, 0.3) is 5.57 Å². The molecule has 8 heteroatoms. The Hall–Kier alpha value is -3.52. The molecule has 30 heavy (non-hydrogen) atoms. The van der Waals surface area contributed by atoms with Gasteiger partial charge < -0.3 is 19.7 Å². The molecular weight excluding hydrogens is 388 g/mol. The van der Waals surface area contributed by atoms with Crippen LogP contribution in [0.5, 0.6) is 0 Å². The number of rotatable bonds is 1. The summed E-state index contributed by atoms with van der Waals surface area (Å²) >= 11 is 0. The molecular formula is C22H18N2O6. The standard InChI is InChI=1S/C22H18N2O6/c1-3-22(29)14-7-16-18(25)12(8-24(16)20(27)13(14)9-30-21(22)28)17-11-6-10(2)4-5-15(11)23-19(17)26/h4-7,29H,3,8-9H2,1-2H3,(H,23,26)/b17-12+/t22-/m0/s1. The van der Waals surface area contributed by atoms with Crippen molar-refractivity contribution in [2.75, 3.05) is 5.32 Å². The smallest absolute Gasteiger partial charge is 0.343 e. The maximum Gasteiger partial charge on any atom is 0.343 e. The number of nitrogens with zero attached hydrogens (tertiary/aromatic N) is 1. The third-order valence-corrected chi connectivity index (χ3v) is 6.09. The van der Waals surface area contributed by atoms with Crippen molar-refractivity contribution in [2.45, 2.75) is 39.0 Å². The van der Waals surface area contributed by atoms with Crippen LogP contribution in [0.15, 0.2) is 34.6 Å². The second-order valence-corrected chi connectivity index (χ2v) is 7.79. The summed E-state index contributed by atoms with van der Waals surface area (Å²) in [6.07, 6.45) is -0.00107. The summed E-state index contributed by atoms with van der Waals surface area (Å²) in [7, 11) is 0. The lowest BCUT2D eigenvalue weighted by Gasteiger charge is -2.31. The zero-order chi connectivity index (χ0) is 21.4. The van der Waals surface area contributed by atoms with Crippen molar-refractivity contribution >= 4 is 28.9 Å². The first-order chi connectivity index (χ1) is 14.3. The number of hydrogen-bond donors (Lipinski definition) is 2. The third kappa shape index (κ3) is 2.25. The Bertz CT molecular complexity index is 1290. The first kappa shape index (κ1) is 18.5. The molecule has 2 aromatic rings. The Balaban J connectivity index is 1.73. The summed E-state index contributed by atoms with van der Waals surface area (Å²) in [5.74, 6) is -1.70. The first-order valence-electron chi connectivity index (χ1n) is 9.63. The van der Waals surface area contributed by atoms with Crippen LogP contribution in [0.1, 0.15) is 46.1 Å². The number of ether oxygens (including phenoxy) is 1. The zero-order valence-electron chi connectivity index (χ0n) is 16.4. The maximum absolute atomic E-state index is 13.2. The van der Waals surface area contributed by atoms with E-state index >= 15 is 0 Å². The summed E-state index contributed by atoms with van der Waals surface area (Å²) < 4.78 is 6.30. The number of aliphatic hydroxyl groups is 1. The molecule has 1 aromatic carbocycles. The van der Waals surface area contributed by atoms with Crippen LogP contribution in [0.4, 0.5) is 5.69 Å². The van der Waals surface area contributed by atoms with Gasteiger partial charge in [-0.15, -0.1) is 0 Å². The number of pyridine rings is 1. The fraction of sp³-hybridized carbons (Fsp3) is 0.273. The average molecular weight is 406 g/mol. The Morgan fingerprint density at radius 3 is 2.70 bits per heavy atom. The number of carbonyl (C=O) groups excluding carboxylic acids is 3. The third-order valence-electron chi connectivity index (χ3n) is 6.09. The number of benzene rings is 1. The number of ketones is 1. The predicted octanol–water partition coefficient (Wildman–Crippen LogP) is 1.41. The van der Waals surface area contributed by atoms with Crippen molar-refractivity contribution in [1.82, 2.24) is 4.57 Å². The minimum Gasteiger partial charge on any atom is -0.458 e. The molecule has 1 atom stereocenters. The monoisotopic (exact) mass is 406 g/mol. The van der Waals surface area contributed by atoms with E-state index in [0.717, 1.165) is 5.56 Å². The molecule has 2 N–H and O–H groups in total. The van der Waals surface area contributed by atoms with E-state index < -0.39 is 28.8 Å². The second-order valence-electron chi connectivity index (χ2n) is 7.79. The van der Waals surface area contributed by atoms with E-state index in [1.54, 1.807) is 13.0 Å². The van der Waals surface area contributed by atoms with Crippen LogP contribution in [0.3, 0.4) is 0 Å². The van der Waals surface area contributed by atoms with Crippen LogP contribution in [0.2, 0.25) is 0 Å². The number of Topliss-reactive ketones (excluding diaryl/α,β-unsaturated/α-hetero) is 1. The van der Waals surface area contributed by atoms with Crippen molar-refractivity contribution in [3.05, 3.63) is 68.1 Å².